The van der Waals surface area contributed by atoms with E-state index in [4.69, 9.17) is 5.73 Å². The quantitative estimate of drug-likeness (QED) is 0.885. The van der Waals surface area contributed by atoms with Crippen LogP contribution in [0.25, 0.3) is 0 Å². The van der Waals surface area contributed by atoms with Gasteiger partial charge in [-0.2, -0.15) is 0 Å². The lowest BCUT2D eigenvalue weighted by molar-refractivity contribution is -0.135. The molecule has 0 heterocycles. The number of nitrogens with two attached hydrogens (primary N) is 1. The minimum Gasteiger partial charge on any atom is -0.342 e. The summed E-state index contributed by atoms with van der Waals surface area (Å²) in [5.74, 6) is -0.0138. The molecule has 0 saturated heterocycles. The molecule has 1 rings (SSSR count). The van der Waals surface area contributed by atoms with Gasteiger partial charge in [0.2, 0.25) is 5.91 Å². The molecule has 106 valence electrons. The summed E-state index contributed by atoms with van der Waals surface area (Å²) < 4.78 is 0. The van der Waals surface area contributed by atoms with Crippen molar-refractivity contribution in [3.8, 4) is 0 Å². The molecule has 0 saturated carbocycles. The van der Waals surface area contributed by atoms with Crippen LogP contribution >= 0.6 is 0 Å². The maximum atomic E-state index is 12.2. The Balaban J connectivity index is 2.64. The fourth-order valence-corrected chi connectivity index (χ4v) is 1.97. The van der Waals surface area contributed by atoms with Crippen LogP contribution in [0.5, 0.6) is 0 Å². The predicted octanol–water partition coefficient (Wildman–Crippen LogP) is 2.37. The van der Waals surface area contributed by atoms with Crippen LogP contribution in [0.15, 0.2) is 24.3 Å². The number of likely N-dealkylation sites (N-methyl/N-ethyl adjacent to an activating group) is 1. The SMILES string of the molecule is Cc1ccc(CC(C)N(C)C(=O)C(C)C(C)N)cc1. The molecule has 0 aromatic heterocycles. The van der Waals surface area contributed by atoms with Crippen molar-refractivity contribution in [2.45, 2.75) is 46.2 Å². The number of carbonyl (C=O) groups is 1. The van der Waals surface area contributed by atoms with Gasteiger partial charge in [-0.3, -0.25) is 4.79 Å². The smallest absolute Gasteiger partial charge is 0.226 e. The Hall–Kier alpha value is -1.35. The second-order valence-electron chi connectivity index (χ2n) is 5.64. The molecule has 3 nitrogen and oxygen atoms in total. The molecule has 1 amide bonds. The van der Waals surface area contributed by atoms with E-state index >= 15 is 0 Å². The summed E-state index contributed by atoms with van der Waals surface area (Å²) in [6.07, 6.45) is 0.869. The largest absolute Gasteiger partial charge is 0.342 e. The Labute approximate surface area is 116 Å². The number of benzene rings is 1. The fourth-order valence-electron chi connectivity index (χ4n) is 1.97. The summed E-state index contributed by atoms with van der Waals surface area (Å²) in [4.78, 5) is 14.0. The van der Waals surface area contributed by atoms with Crippen LogP contribution in [-0.4, -0.2) is 29.9 Å². The molecule has 0 aliphatic carbocycles. The van der Waals surface area contributed by atoms with Crippen molar-refractivity contribution in [2.75, 3.05) is 7.05 Å². The molecule has 0 fully saturated rings. The van der Waals surface area contributed by atoms with E-state index in [0.29, 0.717) is 0 Å². The maximum Gasteiger partial charge on any atom is 0.226 e. The lowest BCUT2D eigenvalue weighted by Crippen LogP contribution is -2.44. The van der Waals surface area contributed by atoms with Gasteiger partial charge in [0.05, 0.1) is 5.92 Å². The van der Waals surface area contributed by atoms with Gasteiger partial charge in [-0.15, -0.1) is 0 Å². The van der Waals surface area contributed by atoms with E-state index in [0.717, 1.165) is 6.42 Å². The molecule has 0 bridgehead atoms. The highest BCUT2D eigenvalue weighted by Gasteiger charge is 2.24. The van der Waals surface area contributed by atoms with Crippen LogP contribution in [0.3, 0.4) is 0 Å². The molecular formula is C16H26N2O. The molecule has 0 spiro atoms. The molecule has 0 aliphatic rings. The Kier molecular flexibility index (Phi) is 5.55. The van der Waals surface area contributed by atoms with Crippen LogP contribution in [0.1, 0.15) is 31.9 Å². The Morgan fingerprint density at radius 2 is 1.74 bits per heavy atom. The second kappa shape index (κ2) is 6.71. The minimum absolute atomic E-state index is 0.110. The number of nitrogens with zero attached hydrogens (tertiary/aromatic N) is 1. The summed E-state index contributed by atoms with van der Waals surface area (Å²) in [5.41, 5.74) is 8.31. The number of carbonyl (C=O) groups excluding carboxylic acids is 1. The van der Waals surface area contributed by atoms with E-state index in [9.17, 15) is 4.79 Å². The highest BCUT2D eigenvalue weighted by Crippen LogP contribution is 2.12. The highest BCUT2D eigenvalue weighted by molar-refractivity contribution is 5.79. The number of amides is 1. The second-order valence-corrected chi connectivity index (χ2v) is 5.64. The first-order valence-electron chi connectivity index (χ1n) is 6.90. The first kappa shape index (κ1) is 15.7. The van der Waals surface area contributed by atoms with E-state index in [-0.39, 0.29) is 23.9 Å². The zero-order valence-electron chi connectivity index (χ0n) is 12.7. The zero-order valence-corrected chi connectivity index (χ0v) is 12.7. The third-order valence-electron chi connectivity index (χ3n) is 3.84. The predicted molar refractivity (Wildman–Crippen MR) is 79.9 cm³/mol. The average Bonchev–Trinajstić information content (AvgIpc) is 2.38. The van der Waals surface area contributed by atoms with Gasteiger partial charge in [-0.25, -0.2) is 0 Å². The van der Waals surface area contributed by atoms with E-state index in [1.807, 2.05) is 25.8 Å². The average molecular weight is 262 g/mol. The van der Waals surface area contributed by atoms with E-state index in [1.54, 1.807) is 0 Å². The van der Waals surface area contributed by atoms with Crippen molar-refractivity contribution >= 4 is 5.91 Å². The molecule has 19 heavy (non-hydrogen) atoms. The molecule has 3 unspecified atom stereocenters. The van der Waals surface area contributed by atoms with Crippen LogP contribution in [-0.2, 0) is 11.2 Å². The van der Waals surface area contributed by atoms with Crippen molar-refractivity contribution in [2.24, 2.45) is 11.7 Å². The first-order valence-corrected chi connectivity index (χ1v) is 6.90. The Morgan fingerprint density at radius 1 is 1.21 bits per heavy atom. The van der Waals surface area contributed by atoms with Gasteiger partial charge < -0.3 is 10.6 Å². The van der Waals surface area contributed by atoms with Crippen molar-refractivity contribution in [1.29, 1.82) is 0 Å². The zero-order chi connectivity index (χ0) is 14.6. The Morgan fingerprint density at radius 3 is 2.21 bits per heavy atom. The monoisotopic (exact) mass is 262 g/mol. The lowest BCUT2D eigenvalue weighted by atomic mass is 10.0. The van der Waals surface area contributed by atoms with Gasteiger partial charge >= 0.3 is 0 Å². The molecule has 2 N–H and O–H groups in total. The third kappa shape index (κ3) is 4.35. The van der Waals surface area contributed by atoms with Gasteiger partial charge in [-0.1, -0.05) is 36.8 Å². The number of aryl methyl sites for hydroxylation is 1. The summed E-state index contributed by atoms with van der Waals surface area (Å²) >= 11 is 0. The van der Waals surface area contributed by atoms with Gasteiger partial charge in [0.25, 0.3) is 0 Å². The van der Waals surface area contributed by atoms with Crippen molar-refractivity contribution in [1.82, 2.24) is 4.90 Å². The van der Waals surface area contributed by atoms with Crippen LogP contribution in [0.4, 0.5) is 0 Å². The number of hydrogen-bond donors (Lipinski definition) is 1. The molecule has 1 aromatic carbocycles. The van der Waals surface area contributed by atoms with Crippen molar-refractivity contribution < 1.29 is 4.79 Å². The van der Waals surface area contributed by atoms with E-state index < -0.39 is 0 Å². The lowest BCUT2D eigenvalue weighted by Gasteiger charge is -2.29. The van der Waals surface area contributed by atoms with Crippen LogP contribution < -0.4 is 5.73 Å². The molecule has 3 heteroatoms. The summed E-state index contributed by atoms with van der Waals surface area (Å²) in [6, 6.07) is 8.53. The van der Waals surface area contributed by atoms with Gasteiger partial charge in [0.15, 0.2) is 0 Å². The van der Waals surface area contributed by atoms with Crippen molar-refractivity contribution in [3.63, 3.8) is 0 Å². The van der Waals surface area contributed by atoms with Gasteiger partial charge in [-0.05, 0) is 32.8 Å². The molecular weight excluding hydrogens is 236 g/mol. The van der Waals surface area contributed by atoms with E-state index in [1.165, 1.54) is 11.1 Å². The molecule has 1 aromatic rings. The standard InChI is InChI=1S/C16H26N2O/c1-11-6-8-15(9-7-11)10-12(2)18(5)16(19)13(3)14(4)17/h6-9,12-14H,10,17H2,1-5H3. The molecule has 0 aliphatic heterocycles. The normalized spacial score (nSPS) is 15.7. The topological polar surface area (TPSA) is 46.3 Å². The molecule has 0 radical (unpaired) electrons. The van der Waals surface area contributed by atoms with Crippen molar-refractivity contribution in [3.05, 3.63) is 35.4 Å². The number of hydrogen-bond acceptors (Lipinski definition) is 2. The van der Waals surface area contributed by atoms with Gasteiger partial charge in [0.1, 0.15) is 0 Å². The summed E-state index contributed by atoms with van der Waals surface area (Å²) in [5, 5.41) is 0. The highest BCUT2D eigenvalue weighted by atomic mass is 16.2. The fraction of sp³-hybridized carbons (Fsp3) is 0.562. The minimum atomic E-state index is -0.134. The van der Waals surface area contributed by atoms with Gasteiger partial charge in [0, 0.05) is 19.1 Å². The molecule has 3 atom stereocenters. The number of rotatable bonds is 5. The van der Waals surface area contributed by atoms with Crippen LogP contribution in [0, 0.1) is 12.8 Å². The first-order chi connectivity index (χ1) is 8.82. The van der Waals surface area contributed by atoms with E-state index in [2.05, 4.69) is 38.1 Å². The summed E-state index contributed by atoms with van der Waals surface area (Å²) in [7, 11) is 1.86. The third-order valence-corrected chi connectivity index (χ3v) is 3.84. The van der Waals surface area contributed by atoms with Crippen LogP contribution in [0.2, 0.25) is 0 Å². The maximum absolute atomic E-state index is 12.2. The summed E-state index contributed by atoms with van der Waals surface area (Å²) in [6.45, 7) is 7.92. The Bertz CT molecular complexity index is 411.